The third-order valence-electron chi connectivity index (χ3n) is 3.38. The Balaban J connectivity index is 1.98. The molecular formula is C15H20N4OS. The zero-order valence-corrected chi connectivity index (χ0v) is 13.4. The minimum absolute atomic E-state index is 0.0289. The highest BCUT2D eigenvalue weighted by Crippen LogP contribution is 2.26. The lowest BCUT2D eigenvalue weighted by Gasteiger charge is -2.15. The Bertz CT molecular complexity index is 611. The first-order valence-corrected chi connectivity index (χ1v) is 7.96. The van der Waals surface area contributed by atoms with Crippen LogP contribution in [0.15, 0.2) is 35.7 Å². The van der Waals surface area contributed by atoms with E-state index in [0.29, 0.717) is 11.7 Å². The van der Waals surface area contributed by atoms with Crippen LogP contribution < -0.4 is 5.32 Å². The number of hydrogen-bond acceptors (Lipinski definition) is 4. The lowest BCUT2D eigenvalue weighted by Crippen LogP contribution is -2.16. The van der Waals surface area contributed by atoms with Crippen molar-refractivity contribution in [2.45, 2.75) is 31.3 Å². The molecule has 0 fully saturated rings. The van der Waals surface area contributed by atoms with Crippen molar-refractivity contribution in [3.8, 4) is 0 Å². The fourth-order valence-corrected chi connectivity index (χ4v) is 2.67. The molecule has 1 heterocycles. The summed E-state index contributed by atoms with van der Waals surface area (Å²) in [5.74, 6) is 0.716. The first kappa shape index (κ1) is 15.6. The van der Waals surface area contributed by atoms with Gasteiger partial charge in [-0.05, 0) is 24.0 Å². The Morgan fingerprint density at radius 2 is 2.19 bits per heavy atom. The van der Waals surface area contributed by atoms with Crippen molar-refractivity contribution >= 4 is 23.4 Å². The van der Waals surface area contributed by atoms with E-state index in [-0.39, 0.29) is 5.91 Å². The second-order valence-corrected chi connectivity index (χ2v) is 5.90. The van der Waals surface area contributed by atoms with Crippen LogP contribution in [0, 0.1) is 0 Å². The third-order valence-corrected chi connectivity index (χ3v) is 4.41. The lowest BCUT2D eigenvalue weighted by atomic mass is 9.97. The van der Waals surface area contributed by atoms with Crippen LogP contribution in [0.3, 0.4) is 0 Å². The van der Waals surface area contributed by atoms with E-state index in [0.717, 1.165) is 17.3 Å². The van der Waals surface area contributed by atoms with Gasteiger partial charge in [-0.2, -0.15) is 0 Å². The van der Waals surface area contributed by atoms with Gasteiger partial charge in [-0.15, -0.1) is 10.2 Å². The second-order valence-electron chi connectivity index (χ2n) is 4.96. The number of aryl methyl sites for hydroxylation is 1. The maximum absolute atomic E-state index is 12.1. The van der Waals surface area contributed by atoms with Crippen molar-refractivity contribution < 1.29 is 4.79 Å². The summed E-state index contributed by atoms with van der Waals surface area (Å²) in [4.78, 5) is 12.1. The van der Waals surface area contributed by atoms with E-state index < -0.39 is 0 Å². The standard InChI is InChI=1S/C15H20N4OS/c1-4-11(2)12-7-5-6-8-13(12)17-14(20)9-21-15-18-16-10-19(15)3/h5-8,10-11H,4,9H2,1-3H3,(H,17,20)/t11-/m1/s1. The quantitative estimate of drug-likeness (QED) is 0.833. The molecule has 21 heavy (non-hydrogen) atoms. The molecule has 0 radical (unpaired) electrons. The average molecular weight is 304 g/mol. The van der Waals surface area contributed by atoms with E-state index >= 15 is 0 Å². The first-order valence-electron chi connectivity index (χ1n) is 6.97. The van der Waals surface area contributed by atoms with Crippen LogP contribution in [0.4, 0.5) is 5.69 Å². The largest absolute Gasteiger partial charge is 0.325 e. The molecule has 2 aromatic rings. The molecule has 0 saturated carbocycles. The normalized spacial score (nSPS) is 12.1. The summed E-state index contributed by atoms with van der Waals surface area (Å²) in [5, 5.41) is 11.5. The van der Waals surface area contributed by atoms with Crippen molar-refractivity contribution in [1.29, 1.82) is 0 Å². The third kappa shape index (κ3) is 4.07. The van der Waals surface area contributed by atoms with E-state index in [2.05, 4.69) is 35.4 Å². The minimum Gasteiger partial charge on any atom is -0.325 e. The summed E-state index contributed by atoms with van der Waals surface area (Å²) >= 11 is 1.38. The van der Waals surface area contributed by atoms with Crippen LogP contribution in [0.5, 0.6) is 0 Å². The van der Waals surface area contributed by atoms with E-state index in [1.807, 2.05) is 25.2 Å². The van der Waals surface area contributed by atoms with E-state index in [4.69, 9.17) is 0 Å². The molecule has 1 N–H and O–H groups in total. The summed E-state index contributed by atoms with van der Waals surface area (Å²) in [6, 6.07) is 7.97. The van der Waals surface area contributed by atoms with Crippen LogP contribution in [0.2, 0.25) is 0 Å². The molecule has 0 aliphatic rings. The van der Waals surface area contributed by atoms with Crippen molar-refractivity contribution in [2.75, 3.05) is 11.1 Å². The molecule has 0 bridgehead atoms. The summed E-state index contributed by atoms with van der Waals surface area (Å²) in [6.45, 7) is 4.31. The summed E-state index contributed by atoms with van der Waals surface area (Å²) in [7, 11) is 1.86. The number of hydrogen-bond donors (Lipinski definition) is 1. The summed E-state index contributed by atoms with van der Waals surface area (Å²) in [5.41, 5.74) is 2.08. The Morgan fingerprint density at radius 1 is 1.43 bits per heavy atom. The van der Waals surface area contributed by atoms with Crippen molar-refractivity contribution in [1.82, 2.24) is 14.8 Å². The van der Waals surface area contributed by atoms with E-state index in [9.17, 15) is 4.79 Å². The number of nitrogens with one attached hydrogen (secondary N) is 1. The van der Waals surface area contributed by atoms with Gasteiger partial charge < -0.3 is 9.88 Å². The Morgan fingerprint density at radius 3 is 2.86 bits per heavy atom. The number of benzene rings is 1. The highest BCUT2D eigenvalue weighted by Gasteiger charge is 2.12. The smallest absolute Gasteiger partial charge is 0.234 e. The van der Waals surface area contributed by atoms with Crippen molar-refractivity contribution in [3.63, 3.8) is 0 Å². The number of anilines is 1. The van der Waals surface area contributed by atoms with Gasteiger partial charge in [0.25, 0.3) is 0 Å². The maximum atomic E-state index is 12.1. The summed E-state index contributed by atoms with van der Waals surface area (Å²) < 4.78 is 1.80. The maximum Gasteiger partial charge on any atom is 0.234 e. The molecule has 5 nitrogen and oxygen atoms in total. The number of aromatic nitrogens is 3. The van der Waals surface area contributed by atoms with Crippen LogP contribution in [-0.4, -0.2) is 26.4 Å². The summed E-state index contributed by atoms with van der Waals surface area (Å²) in [6.07, 6.45) is 2.67. The van der Waals surface area contributed by atoms with Gasteiger partial charge >= 0.3 is 0 Å². The molecule has 1 atom stereocenters. The van der Waals surface area contributed by atoms with Gasteiger partial charge in [0.2, 0.25) is 5.91 Å². The number of carbonyl (C=O) groups is 1. The Hall–Kier alpha value is -1.82. The predicted molar refractivity (Wildman–Crippen MR) is 85.5 cm³/mol. The van der Waals surface area contributed by atoms with Gasteiger partial charge in [0.05, 0.1) is 5.75 Å². The molecule has 0 spiro atoms. The molecule has 1 amide bonds. The molecule has 112 valence electrons. The van der Waals surface area contributed by atoms with Gasteiger partial charge in [-0.3, -0.25) is 4.79 Å². The zero-order valence-electron chi connectivity index (χ0n) is 12.5. The van der Waals surface area contributed by atoms with Crippen LogP contribution in [0.1, 0.15) is 31.7 Å². The first-order chi connectivity index (χ1) is 10.1. The Kier molecular flexibility index (Phi) is 5.38. The van der Waals surface area contributed by atoms with Gasteiger partial charge in [-0.1, -0.05) is 43.8 Å². The average Bonchev–Trinajstić information content (AvgIpc) is 2.90. The second kappa shape index (κ2) is 7.26. The lowest BCUT2D eigenvalue weighted by molar-refractivity contribution is -0.113. The molecule has 1 aromatic heterocycles. The van der Waals surface area contributed by atoms with Gasteiger partial charge in [0.1, 0.15) is 6.33 Å². The molecule has 1 aromatic carbocycles. The topological polar surface area (TPSA) is 59.8 Å². The van der Waals surface area contributed by atoms with Gasteiger partial charge in [0, 0.05) is 12.7 Å². The Labute approximate surface area is 129 Å². The predicted octanol–water partition coefficient (Wildman–Crippen LogP) is 3.06. The van der Waals surface area contributed by atoms with Crippen LogP contribution in [0.25, 0.3) is 0 Å². The SMILES string of the molecule is CC[C@@H](C)c1ccccc1NC(=O)CSc1nncn1C. The van der Waals surface area contributed by atoms with Gasteiger partial charge in [-0.25, -0.2) is 0 Å². The highest BCUT2D eigenvalue weighted by atomic mass is 32.2. The molecule has 2 rings (SSSR count). The van der Waals surface area contributed by atoms with E-state index in [1.54, 1.807) is 10.9 Å². The fourth-order valence-electron chi connectivity index (χ4n) is 1.98. The molecule has 6 heteroatoms. The minimum atomic E-state index is -0.0289. The number of rotatable bonds is 6. The van der Waals surface area contributed by atoms with Gasteiger partial charge in [0.15, 0.2) is 5.16 Å². The molecular weight excluding hydrogens is 284 g/mol. The molecule has 0 saturated heterocycles. The fraction of sp³-hybridized carbons (Fsp3) is 0.400. The number of para-hydroxylation sites is 1. The molecule has 0 unspecified atom stereocenters. The van der Waals surface area contributed by atoms with Crippen LogP contribution in [-0.2, 0) is 11.8 Å². The van der Waals surface area contributed by atoms with Crippen molar-refractivity contribution in [3.05, 3.63) is 36.2 Å². The van der Waals surface area contributed by atoms with E-state index in [1.165, 1.54) is 17.3 Å². The molecule has 0 aliphatic carbocycles. The number of thioether (sulfide) groups is 1. The van der Waals surface area contributed by atoms with Crippen molar-refractivity contribution in [2.24, 2.45) is 7.05 Å². The monoisotopic (exact) mass is 304 g/mol. The number of amides is 1. The number of carbonyl (C=O) groups excluding carboxylic acids is 1. The number of nitrogens with zero attached hydrogens (tertiary/aromatic N) is 3. The zero-order chi connectivity index (χ0) is 15.2. The molecule has 0 aliphatic heterocycles. The highest BCUT2D eigenvalue weighted by molar-refractivity contribution is 7.99. The van der Waals surface area contributed by atoms with Crippen LogP contribution >= 0.6 is 11.8 Å².